The number of nitrogens with zero attached hydrogens (tertiary/aromatic N) is 3. The zero-order valence-electron chi connectivity index (χ0n) is 18.2. The van der Waals surface area contributed by atoms with Crippen LogP contribution in [0.2, 0.25) is 5.02 Å². The van der Waals surface area contributed by atoms with Crippen LogP contribution >= 0.6 is 11.6 Å². The van der Waals surface area contributed by atoms with Crippen LogP contribution in [0.3, 0.4) is 0 Å². The van der Waals surface area contributed by atoms with Crippen molar-refractivity contribution in [2.75, 3.05) is 12.4 Å². The molecule has 1 aromatic heterocycles. The molecule has 166 valence electrons. The van der Waals surface area contributed by atoms with Gasteiger partial charge in [-0.15, -0.1) is 5.10 Å². The van der Waals surface area contributed by atoms with Crippen molar-refractivity contribution in [3.8, 4) is 28.3 Å². The highest BCUT2D eigenvalue weighted by molar-refractivity contribution is 6.30. The van der Waals surface area contributed by atoms with E-state index >= 15 is 0 Å². The Morgan fingerprint density at radius 1 is 1.06 bits per heavy atom. The second-order valence-corrected chi connectivity index (χ2v) is 8.67. The molecule has 0 saturated heterocycles. The summed E-state index contributed by atoms with van der Waals surface area (Å²) in [6, 6.07) is 19.2. The molecular weight excluding hydrogens is 438 g/mol. The summed E-state index contributed by atoms with van der Waals surface area (Å²) >= 11 is 6.17. The Balaban J connectivity index is 1.50. The number of H-pyrrole nitrogens is 1. The highest BCUT2D eigenvalue weighted by Crippen LogP contribution is 2.49. The van der Waals surface area contributed by atoms with Gasteiger partial charge in [-0.3, -0.25) is 4.79 Å². The number of nitrogens with one attached hydrogen (secondary N) is 2. The maximum absolute atomic E-state index is 13.3. The number of rotatable bonds is 6. The third-order valence-electron chi connectivity index (χ3n) is 6.16. The number of ether oxygens (including phenoxy) is 1. The summed E-state index contributed by atoms with van der Waals surface area (Å²) in [7, 11) is 1.65. The van der Waals surface area contributed by atoms with E-state index in [9.17, 15) is 4.79 Å². The molecule has 0 spiro atoms. The Labute approximate surface area is 196 Å². The van der Waals surface area contributed by atoms with Crippen LogP contribution in [0.5, 0.6) is 5.75 Å². The third kappa shape index (κ3) is 3.96. The van der Waals surface area contributed by atoms with Crippen LogP contribution in [0.15, 0.2) is 60.7 Å². The van der Waals surface area contributed by atoms with Gasteiger partial charge in [-0.1, -0.05) is 35.9 Å². The predicted molar refractivity (Wildman–Crippen MR) is 127 cm³/mol. The monoisotopic (exact) mass is 459 g/mol. The molecule has 0 unspecified atom stereocenters. The number of hydrogen-bond donors (Lipinski definition) is 2. The Hall–Kier alpha value is -3.71. The number of benzene rings is 3. The first kappa shape index (κ1) is 21.2. The highest BCUT2D eigenvalue weighted by atomic mass is 35.5. The van der Waals surface area contributed by atoms with E-state index in [4.69, 9.17) is 16.3 Å². The maximum atomic E-state index is 13.3. The zero-order chi connectivity index (χ0) is 23.0. The number of carbonyl (C=O) groups is 1. The van der Waals surface area contributed by atoms with Gasteiger partial charge >= 0.3 is 0 Å². The summed E-state index contributed by atoms with van der Waals surface area (Å²) in [4.78, 5) is 13.3. The van der Waals surface area contributed by atoms with Gasteiger partial charge in [0.15, 0.2) is 5.82 Å². The normalized spacial score (nSPS) is 14.0. The van der Waals surface area contributed by atoms with E-state index in [-0.39, 0.29) is 5.91 Å². The lowest BCUT2D eigenvalue weighted by molar-refractivity contribution is -0.118. The SMILES string of the molecule is COc1ccc(-c2ccc(NC(=O)C3(c4cccc(Cl)c4)CC3)cc2-c2nnn[nH]2)c(C)c1. The fraction of sp³-hybridized carbons (Fsp3) is 0.200. The minimum Gasteiger partial charge on any atom is -0.497 e. The van der Waals surface area contributed by atoms with Crippen LogP contribution in [0.1, 0.15) is 24.0 Å². The van der Waals surface area contributed by atoms with E-state index in [2.05, 4.69) is 25.9 Å². The number of aryl methyl sites for hydroxylation is 1. The van der Waals surface area contributed by atoms with Crippen LogP contribution in [-0.2, 0) is 10.2 Å². The number of tetrazole rings is 1. The molecule has 1 aliphatic rings. The van der Waals surface area contributed by atoms with Crippen molar-refractivity contribution >= 4 is 23.2 Å². The largest absolute Gasteiger partial charge is 0.497 e. The lowest BCUT2D eigenvalue weighted by Gasteiger charge is -2.18. The standard InChI is InChI=1S/C25H22ClN5O2/c1-15-12-19(33-2)7-9-20(15)21-8-6-18(14-22(21)23-28-30-31-29-23)27-24(32)25(10-11-25)16-4-3-5-17(26)13-16/h3-9,12-14H,10-11H2,1-2H3,(H,27,32)(H,28,29,30,31). The molecule has 1 aliphatic carbocycles. The minimum atomic E-state index is -0.538. The van der Waals surface area contributed by atoms with E-state index < -0.39 is 5.41 Å². The molecule has 3 aromatic carbocycles. The van der Waals surface area contributed by atoms with Gasteiger partial charge in [0.25, 0.3) is 0 Å². The average Bonchev–Trinajstić information content (AvgIpc) is 3.46. The summed E-state index contributed by atoms with van der Waals surface area (Å²) in [5.41, 5.74) is 4.90. The first-order valence-electron chi connectivity index (χ1n) is 10.6. The maximum Gasteiger partial charge on any atom is 0.235 e. The molecule has 0 atom stereocenters. The van der Waals surface area contributed by atoms with E-state index in [0.717, 1.165) is 46.4 Å². The summed E-state index contributed by atoms with van der Waals surface area (Å²) in [6.45, 7) is 2.03. The van der Waals surface area contributed by atoms with Crippen molar-refractivity contribution in [2.45, 2.75) is 25.2 Å². The Bertz CT molecular complexity index is 1330. The van der Waals surface area contributed by atoms with Crippen LogP contribution in [0, 0.1) is 6.92 Å². The summed E-state index contributed by atoms with van der Waals surface area (Å²) in [6.07, 6.45) is 1.59. The van der Waals surface area contributed by atoms with Gasteiger partial charge in [0.2, 0.25) is 5.91 Å². The summed E-state index contributed by atoms with van der Waals surface area (Å²) in [5, 5.41) is 18.1. The van der Waals surface area contributed by atoms with Gasteiger partial charge in [-0.05, 0) is 88.8 Å². The van der Waals surface area contributed by atoms with E-state index in [1.165, 1.54) is 0 Å². The fourth-order valence-corrected chi connectivity index (χ4v) is 4.39. The lowest BCUT2D eigenvalue weighted by atomic mass is 9.93. The van der Waals surface area contributed by atoms with Crippen LogP contribution in [0.25, 0.3) is 22.5 Å². The van der Waals surface area contributed by atoms with Gasteiger partial charge in [0, 0.05) is 16.3 Å². The van der Waals surface area contributed by atoms with E-state index in [0.29, 0.717) is 16.5 Å². The summed E-state index contributed by atoms with van der Waals surface area (Å²) < 4.78 is 5.34. The second-order valence-electron chi connectivity index (χ2n) is 8.24. The molecule has 0 bridgehead atoms. The molecule has 4 aromatic rings. The number of methoxy groups -OCH3 is 1. The zero-order valence-corrected chi connectivity index (χ0v) is 19.0. The average molecular weight is 460 g/mol. The van der Waals surface area contributed by atoms with E-state index in [1.54, 1.807) is 7.11 Å². The molecule has 1 fully saturated rings. The topological polar surface area (TPSA) is 92.8 Å². The van der Waals surface area contributed by atoms with Gasteiger partial charge in [-0.25, -0.2) is 5.10 Å². The fourth-order valence-electron chi connectivity index (χ4n) is 4.20. The Kier molecular flexibility index (Phi) is 5.34. The molecule has 1 heterocycles. The highest BCUT2D eigenvalue weighted by Gasteiger charge is 2.51. The van der Waals surface area contributed by atoms with Gasteiger partial charge in [0.1, 0.15) is 5.75 Å². The number of hydrogen-bond acceptors (Lipinski definition) is 5. The molecule has 1 amide bonds. The van der Waals surface area contributed by atoms with Crippen molar-refractivity contribution in [1.82, 2.24) is 20.6 Å². The van der Waals surface area contributed by atoms with Crippen molar-refractivity contribution in [1.29, 1.82) is 0 Å². The van der Waals surface area contributed by atoms with Crippen molar-refractivity contribution in [2.24, 2.45) is 0 Å². The van der Waals surface area contributed by atoms with Gasteiger partial charge in [-0.2, -0.15) is 0 Å². The van der Waals surface area contributed by atoms with Crippen LogP contribution in [0.4, 0.5) is 5.69 Å². The quantitative estimate of drug-likeness (QED) is 0.414. The number of anilines is 1. The Morgan fingerprint density at radius 3 is 2.55 bits per heavy atom. The Morgan fingerprint density at radius 2 is 1.88 bits per heavy atom. The molecule has 8 heteroatoms. The molecule has 1 saturated carbocycles. The van der Waals surface area contributed by atoms with Crippen LogP contribution in [-0.4, -0.2) is 33.6 Å². The molecule has 33 heavy (non-hydrogen) atoms. The number of aromatic nitrogens is 4. The van der Waals surface area contributed by atoms with Crippen LogP contribution < -0.4 is 10.1 Å². The smallest absolute Gasteiger partial charge is 0.235 e. The minimum absolute atomic E-state index is 0.0419. The first-order chi connectivity index (χ1) is 16.0. The number of carbonyl (C=O) groups excluding carboxylic acids is 1. The van der Waals surface area contributed by atoms with Gasteiger partial charge < -0.3 is 10.1 Å². The predicted octanol–water partition coefficient (Wildman–Crippen LogP) is 5.17. The molecular formula is C25H22ClN5O2. The molecule has 7 nitrogen and oxygen atoms in total. The molecule has 0 aliphatic heterocycles. The number of halogens is 1. The first-order valence-corrected chi connectivity index (χ1v) is 11.0. The summed E-state index contributed by atoms with van der Waals surface area (Å²) in [5.74, 6) is 1.27. The molecule has 5 rings (SSSR count). The number of aromatic amines is 1. The van der Waals surface area contributed by atoms with Crippen molar-refractivity contribution < 1.29 is 9.53 Å². The van der Waals surface area contributed by atoms with Crippen molar-refractivity contribution in [3.63, 3.8) is 0 Å². The van der Waals surface area contributed by atoms with E-state index in [1.807, 2.05) is 67.6 Å². The molecule has 2 N–H and O–H groups in total. The number of amides is 1. The third-order valence-corrected chi connectivity index (χ3v) is 6.40. The van der Waals surface area contributed by atoms with Crippen molar-refractivity contribution in [3.05, 3.63) is 76.8 Å². The molecule has 0 radical (unpaired) electrons. The second kappa shape index (κ2) is 8.33. The lowest BCUT2D eigenvalue weighted by Crippen LogP contribution is -2.27. The van der Waals surface area contributed by atoms with Gasteiger partial charge in [0.05, 0.1) is 12.5 Å².